The minimum Gasteiger partial charge on any atom is -0.299 e. The maximum Gasteiger partial charge on any atom is 0.243 e. The van der Waals surface area contributed by atoms with Crippen molar-refractivity contribution in [1.29, 1.82) is 0 Å². The minimum atomic E-state index is -0.284. The van der Waals surface area contributed by atoms with E-state index in [1.807, 2.05) is 0 Å². The van der Waals surface area contributed by atoms with Crippen LogP contribution in [-0.4, -0.2) is 40.7 Å². The van der Waals surface area contributed by atoms with Crippen LogP contribution in [0.3, 0.4) is 0 Å². The molecule has 2 unspecified atom stereocenters. The van der Waals surface area contributed by atoms with E-state index in [0.29, 0.717) is 25.3 Å². The van der Waals surface area contributed by atoms with Crippen LogP contribution < -0.4 is 5.32 Å². The van der Waals surface area contributed by atoms with E-state index in [-0.39, 0.29) is 23.2 Å². The van der Waals surface area contributed by atoms with Crippen LogP contribution in [0.1, 0.15) is 59.2 Å². The van der Waals surface area contributed by atoms with Crippen molar-refractivity contribution in [2.24, 2.45) is 0 Å². The van der Waals surface area contributed by atoms with E-state index in [1.165, 1.54) is 35.1 Å². The molecule has 5 rings (SSSR count). The van der Waals surface area contributed by atoms with Crippen molar-refractivity contribution in [1.82, 2.24) is 15.1 Å². The summed E-state index contributed by atoms with van der Waals surface area (Å²) in [6.07, 6.45) is 3.38. The Morgan fingerprint density at radius 3 is 2.52 bits per heavy atom. The first-order chi connectivity index (χ1) is 15.1. The smallest absolute Gasteiger partial charge is 0.243 e. The van der Waals surface area contributed by atoms with Gasteiger partial charge in [0.25, 0.3) is 0 Å². The molecule has 0 saturated carbocycles. The van der Waals surface area contributed by atoms with Gasteiger partial charge in [-0.1, -0.05) is 48.5 Å². The second-order valence-corrected chi connectivity index (χ2v) is 9.50. The van der Waals surface area contributed by atoms with Crippen LogP contribution >= 0.6 is 12.6 Å². The molecule has 3 aliphatic rings. The summed E-state index contributed by atoms with van der Waals surface area (Å²) in [6.45, 7) is 3.91. The fourth-order valence-electron chi connectivity index (χ4n) is 5.30. The summed E-state index contributed by atoms with van der Waals surface area (Å²) in [6, 6.07) is 17.2. The molecule has 3 heterocycles. The van der Waals surface area contributed by atoms with E-state index < -0.39 is 0 Å². The summed E-state index contributed by atoms with van der Waals surface area (Å²) >= 11 is 4.80. The van der Waals surface area contributed by atoms with Crippen LogP contribution in [-0.2, 0) is 22.7 Å². The van der Waals surface area contributed by atoms with Crippen molar-refractivity contribution in [3.63, 3.8) is 0 Å². The Bertz CT molecular complexity index is 972. The molecule has 2 saturated heterocycles. The molecule has 6 heteroatoms. The van der Waals surface area contributed by atoms with Gasteiger partial charge in [0.15, 0.2) is 0 Å². The van der Waals surface area contributed by atoms with Gasteiger partial charge in [-0.05, 0) is 60.5 Å². The highest BCUT2D eigenvalue weighted by molar-refractivity contribution is 7.80. The van der Waals surface area contributed by atoms with Gasteiger partial charge in [-0.25, -0.2) is 0 Å². The quantitative estimate of drug-likeness (QED) is 0.569. The number of likely N-dealkylation sites (tertiary alicyclic amines) is 1. The molecule has 2 atom stereocenters. The van der Waals surface area contributed by atoms with Gasteiger partial charge in [0.1, 0.15) is 0 Å². The van der Waals surface area contributed by atoms with Crippen LogP contribution in [0.4, 0.5) is 0 Å². The van der Waals surface area contributed by atoms with Crippen LogP contribution in [0.5, 0.6) is 0 Å². The Labute approximate surface area is 189 Å². The lowest BCUT2D eigenvalue weighted by Gasteiger charge is -2.32. The summed E-state index contributed by atoms with van der Waals surface area (Å²) in [7, 11) is 0. The second-order valence-electron chi connectivity index (χ2n) is 9.01. The number of carbonyl (C=O) groups is 2. The summed E-state index contributed by atoms with van der Waals surface area (Å²) in [5.41, 5.74) is 5.22. The topological polar surface area (TPSA) is 52.7 Å². The van der Waals surface area contributed by atoms with E-state index in [0.717, 1.165) is 19.6 Å². The molecule has 0 radical (unpaired) electrons. The summed E-state index contributed by atoms with van der Waals surface area (Å²) in [5, 5.41) is 2.37. The lowest BCUT2D eigenvalue weighted by molar-refractivity contribution is -0.137. The van der Waals surface area contributed by atoms with Crippen molar-refractivity contribution in [3.05, 3.63) is 70.8 Å². The van der Waals surface area contributed by atoms with Crippen LogP contribution in [0.2, 0.25) is 0 Å². The molecule has 0 aliphatic carbocycles. The molecule has 5 nitrogen and oxygen atoms in total. The van der Waals surface area contributed by atoms with Crippen molar-refractivity contribution in [2.75, 3.05) is 13.1 Å². The molecule has 2 fully saturated rings. The SMILES string of the molecule is O=C1CCC(N2Cc3cc(CN4CCC(c5ccccc5)CC4)ccc3C2S)C(=O)N1. The molecule has 0 spiro atoms. The Balaban J connectivity index is 1.21. The Hall–Kier alpha value is -2.15. The third kappa shape index (κ3) is 4.29. The average Bonchev–Trinajstić information content (AvgIpc) is 3.10. The summed E-state index contributed by atoms with van der Waals surface area (Å²) < 4.78 is 0. The van der Waals surface area contributed by atoms with E-state index in [2.05, 4.69) is 63.6 Å². The maximum atomic E-state index is 12.3. The van der Waals surface area contributed by atoms with Gasteiger partial charge >= 0.3 is 0 Å². The largest absolute Gasteiger partial charge is 0.299 e. The number of nitrogens with zero attached hydrogens (tertiary/aromatic N) is 2. The number of nitrogens with one attached hydrogen (secondary N) is 1. The van der Waals surface area contributed by atoms with Crippen molar-refractivity contribution >= 4 is 24.4 Å². The molecular formula is C25H29N3O2S. The molecule has 2 aromatic carbocycles. The molecule has 162 valence electrons. The number of amides is 2. The van der Waals surface area contributed by atoms with Gasteiger partial charge in [0, 0.05) is 19.5 Å². The van der Waals surface area contributed by atoms with Crippen molar-refractivity contribution < 1.29 is 9.59 Å². The monoisotopic (exact) mass is 435 g/mol. The molecular weight excluding hydrogens is 406 g/mol. The zero-order valence-corrected chi connectivity index (χ0v) is 18.6. The Morgan fingerprint density at radius 1 is 1.00 bits per heavy atom. The highest BCUT2D eigenvalue weighted by Gasteiger charge is 2.39. The second kappa shape index (κ2) is 8.77. The number of piperidine rings is 2. The number of hydrogen-bond donors (Lipinski definition) is 2. The van der Waals surface area contributed by atoms with Gasteiger partial charge in [0.2, 0.25) is 11.8 Å². The standard InChI is InChI=1S/C25H29N3O2S/c29-23-9-8-22(24(30)26-23)28-16-20-14-17(6-7-21(20)25(28)31)15-27-12-10-19(11-13-27)18-4-2-1-3-5-18/h1-7,14,19,22,25,31H,8-13,15-16H2,(H,26,29,30). The minimum absolute atomic E-state index is 0.102. The van der Waals surface area contributed by atoms with Gasteiger partial charge in [-0.3, -0.25) is 24.7 Å². The molecule has 1 N–H and O–H groups in total. The number of imide groups is 1. The highest BCUT2D eigenvalue weighted by atomic mass is 32.1. The van der Waals surface area contributed by atoms with Gasteiger partial charge in [0.05, 0.1) is 11.4 Å². The van der Waals surface area contributed by atoms with Crippen LogP contribution in [0, 0.1) is 0 Å². The number of benzene rings is 2. The number of fused-ring (bicyclic) bond motifs is 1. The predicted molar refractivity (Wildman–Crippen MR) is 124 cm³/mol. The Kier molecular flexibility index (Phi) is 5.87. The molecule has 2 amide bonds. The normalized spacial score (nSPS) is 25.5. The van der Waals surface area contributed by atoms with Gasteiger partial charge in [-0.2, -0.15) is 12.6 Å². The van der Waals surface area contributed by atoms with Crippen LogP contribution in [0.25, 0.3) is 0 Å². The molecule has 31 heavy (non-hydrogen) atoms. The predicted octanol–water partition coefficient (Wildman–Crippen LogP) is 3.62. The first kappa shape index (κ1) is 20.7. The fourth-order valence-corrected chi connectivity index (χ4v) is 5.79. The Morgan fingerprint density at radius 2 is 1.77 bits per heavy atom. The zero-order valence-electron chi connectivity index (χ0n) is 17.7. The maximum absolute atomic E-state index is 12.3. The van der Waals surface area contributed by atoms with E-state index in [9.17, 15) is 9.59 Å². The van der Waals surface area contributed by atoms with Crippen molar-refractivity contribution in [3.8, 4) is 0 Å². The average molecular weight is 436 g/mol. The first-order valence-corrected chi connectivity index (χ1v) is 11.8. The highest BCUT2D eigenvalue weighted by Crippen LogP contribution is 2.39. The van der Waals surface area contributed by atoms with E-state index in [1.54, 1.807) is 0 Å². The van der Waals surface area contributed by atoms with E-state index >= 15 is 0 Å². The van der Waals surface area contributed by atoms with Crippen LogP contribution in [0.15, 0.2) is 48.5 Å². The summed E-state index contributed by atoms with van der Waals surface area (Å²) in [5.74, 6) is 0.307. The molecule has 2 aromatic rings. The first-order valence-electron chi connectivity index (χ1n) is 11.2. The molecule has 0 aromatic heterocycles. The summed E-state index contributed by atoms with van der Waals surface area (Å²) in [4.78, 5) is 28.5. The van der Waals surface area contributed by atoms with Gasteiger partial charge in [-0.15, -0.1) is 0 Å². The fraction of sp³-hybridized carbons (Fsp3) is 0.440. The number of thiol groups is 1. The molecule has 0 bridgehead atoms. The molecule has 3 aliphatic heterocycles. The van der Waals surface area contributed by atoms with E-state index in [4.69, 9.17) is 12.6 Å². The number of carbonyl (C=O) groups excluding carboxylic acids is 2. The number of rotatable bonds is 4. The number of hydrogen-bond acceptors (Lipinski definition) is 5. The lowest BCUT2D eigenvalue weighted by Crippen LogP contribution is -2.51. The van der Waals surface area contributed by atoms with Gasteiger partial charge < -0.3 is 0 Å². The lowest BCUT2D eigenvalue weighted by atomic mass is 9.89. The zero-order chi connectivity index (χ0) is 21.4. The third-order valence-electron chi connectivity index (χ3n) is 7.03. The van der Waals surface area contributed by atoms with Crippen molar-refractivity contribution in [2.45, 2.75) is 56.1 Å². The third-order valence-corrected chi connectivity index (χ3v) is 7.60.